The van der Waals surface area contributed by atoms with E-state index < -0.39 is 12.0 Å². The molecule has 2 heterocycles. The molecule has 3 fully saturated rings. The highest BCUT2D eigenvalue weighted by molar-refractivity contribution is 5.83. The Morgan fingerprint density at radius 1 is 1.05 bits per heavy atom. The molecular weight excluding hydrogens is 260 g/mol. The van der Waals surface area contributed by atoms with Gasteiger partial charge in [0.15, 0.2) is 0 Å². The maximum atomic E-state index is 12.6. The van der Waals surface area contributed by atoms with Crippen LogP contribution in [0.15, 0.2) is 0 Å². The molecule has 2 saturated heterocycles. The zero-order chi connectivity index (χ0) is 14.3. The zero-order valence-electron chi connectivity index (χ0n) is 11.6. The van der Waals surface area contributed by atoms with Crippen LogP contribution in [-0.2, 0) is 4.79 Å². The molecule has 4 unspecified atom stereocenters. The molecule has 0 aromatic rings. The van der Waals surface area contributed by atoms with Gasteiger partial charge in [-0.1, -0.05) is 0 Å². The Hall–Kier alpha value is -1.30. The van der Waals surface area contributed by atoms with E-state index in [1.165, 1.54) is 4.90 Å². The average Bonchev–Trinajstić information content (AvgIpc) is 3.00. The summed E-state index contributed by atoms with van der Waals surface area (Å²) in [7, 11) is 0. The molecule has 1 saturated carbocycles. The fourth-order valence-electron chi connectivity index (χ4n) is 3.99. The number of rotatable bonds is 1. The lowest BCUT2D eigenvalue weighted by Gasteiger charge is -2.36. The van der Waals surface area contributed by atoms with Crippen molar-refractivity contribution in [2.45, 2.75) is 44.2 Å². The van der Waals surface area contributed by atoms with Gasteiger partial charge in [-0.25, -0.2) is 9.59 Å². The van der Waals surface area contributed by atoms with Gasteiger partial charge in [-0.05, 0) is 38.0 Å². The van der Waals surface area contributed by atoms with Crippen LogP contribution in [0.4, 0.5) is 4.79 Å². The first-order valence-corrected chi connectivity index (χ1v) is 7.54. The molecule has 0 spiro atoms. The molecule has 0 bridgehead atoms. The SMILES string of the molecule is O=C(O)C1CCCCN1C(=O)N1CC2CCC(O)C2C1. The first-order chi connectivity index (χ1) is 9.58. The van der Waals surface area contributed by atoms with Crippen LogP contribution in [0.2, 0.25) is 0 Å². The van der Waals surface area contributed by atoms with Crippen LogP contribution in [0.1, 0.15) is 32.1 Å². The van der Waals surface area contributed by atoms with E-state index in [9.17, 15) is 19.8 Å². The third-order valence-electron chi connectivity index (χ3n) is 5.12. The molecule has 2 amide bonds. The number of nitrogens with zero attached hydrogens (tertiary/aromatic N) is 2. The minimum Gasteiger partial charge on any atom is -0.480 e. The van der Waals surface area contributed by atoms with Gasteiger partial charge in [-0.3, -0.25) is 0 Å². The fraction of sp³-hybridized carbons (Fsp3) is 0.857. The number of likely N-dealkylation sites (tertiary alicyclic amines) is 2. The van der Waals surface area contributed by atoms with Gasteiger partial charge < -0.3 is 20.0 Å². The quantitative estimate of drug-likeness (QED) is 0.743. The summed E-state index contributed by atoms with van der Waals surface area (Å²) in [6, 6.07) is -0.833. The van der Waals surface area contributed by atoms with Crippen molar-refractivity contribution < 1.29 is 19.8 Å². The van der Waals surface area contributed by atoms with Gasteiger partial charge in [0, 0.05) is 25.6 Å². The smallest absolute Gasteiger partial charge is 0.326 e. The number of carboxylic acids is 1. The Kier molecular flexibility index (Phi) is 3.58. The number of hydrogen-bond acceptors (Lipinski definition) is 3. The van der Waals surface area contributed by atoms with Gasteiger partial charge in [0.05, 0.1) is 6.10 Å². The molecule has 112 valence electrons. The van der Waals surface area contributed by atoms with E-state index in [2.05, 4.69) is 0 Å². The van der Waals surface area contributed by atoms with Crippen molar-refractivity contribution in [2.24, 2.45) is 11.8 Å². The summed E-state index contributed by atoms with van der Waals surface area (Å²) < 4.78 is 0. The van der Waals surface area contributed by atoms with Gasteiger partial charge in [0.25, 0.3) is 0 Å². The summed E-state index contributed by atoms with van der Waals surface area (Å²) in [4.78, 5) is 27.1. The number of carbonyl (C=O) groups is 2. The number of hydrogen-bond donors (Lipinski definition) is 2. The predicted molar refractivity (Wildman–Crippen MR) is 71.2 cm³/mol. The number of amides is 2. The number of aliphatic hydroxyl groups excluding tert-OH is 1. The maximum Gasteiger partial charge on any atom is 0.326 e. The van der Waals surface area contributed by atoms with E-state index >= 15 is 0 Å². The molecule has 2 aliphatic heterocycles. The third kappa shape index (κ3) is 2.26. The lowest BCUT2D eigenvalue weighted by Crippen LogP contribution is -2.52. The van der Waals surface area contributed by atoms with Crippen LogP contribution >= 0.6 is 0 Å². The summed E-state index contributed by atoms with van der Waals surface area (Å²) in [5, 5.41) is 19.2. The second kappa shape index (κ2) is 5.24. The Balaban J connectivity index is 1.68. The highest BCUT2D eigenvalue weighted by Gasteiger charge is 2.45. The second-order valence-electron chi connectivity index (χ2n) is 6.30. The van der Waals surface area contributed by atoms with Crippen LogP contribution in [0.5, 0.6) is 0 Å². The van der Waals surface area contributed by atoms with Crippen molar-refractivity contribution in [3.8, 4) is 0 Å². The average molecular weight is 282 g/mol. The van der Waals surface area contributed by atoms with Crippen LogP contribution in [0, 0.1) is 11.8 Å². The number of aliphatic hydroxyl groups is 1. The van der Waals surface area contributed by atoms with Gasteiger partial charge in [-0.15, -0.1) is 0 Å². The maximum absolute atomic E-state index is 12.6. The highest BCUT2D eigenvalue weighted by atomic mass is 16.4. The van der Waals surface area contributed by atoms with Crippen molar-refractivity contribution in [3.63, 3.8) is 0 Å². The highest BCUT2D eigenvalue weighted by Crippen LogP contribution is 2.38. The topological polar surface area (TPSA) is 81.1 Å². The standard InChI is InChI=1S/C14H22N2O4/c17-12-5-4-9-7-15(8-10(9)12)14(20)16-6-2-1-3-11(16)13(18)19/h9-12,17H,1-8H2,(H,18,19). The molecule has 0 radical (unpaired) electrons. The van der Waals surface area contributed by atoms with Gasteiger partial charge in [0.2, 0.25) is 0 Å². The van der Waals surface area contributed by atoms with Crippen LogP contribution in [-0.4, -0.2) is 63.8 Å². The number of carboxylic acid groups (broad SMARTS) is 1. The number of fused-ring (bicyclic) bond motifs is 1. The van der Waals surface area contributed by atoms with Crippen molar-refractivity contribution in [2.75, 3.05) is 19.6 Å². The lowest BCUT2D eigenvalue weighted by atomic mass is 10.00. The summed E-state index contributed by atoms with van der Waals surface area (Å²) in [6.45, 7) is 1.78. The fourth-order valence-corrected chi connectivity index (χ4v) is 3.99. The molecule has 0 aromatic carbocycles. The molecule has 3 aliphatic rings. The lowest BCUT2D eigenvalue weighted by molar-refractivity contribution is -0.143. The third-order valence-corrected chi connectivity index (χ3v) is 5.12. The number of piperidine rings is 1. The van der Waals surface area contributed by atoms with Crippen molar-refractivity contribution in [1.29, 1.82) is 0 Å². The molecule has 4 atom stereocenters. The van der Waals surface area contributed by atoms with E-state index in [1.807, 2.05) is 0 Å². The normalized spacial score (nSPS) is 37.0. The molecule has 20 heavy (non-hydrogen) atoms. The molecular formula is C14H22N2O4. The molecule has 2 N–H and O–H groups in total. The summed E-state index contributed by atoms with van der Waals surface area (Å²) >= 11 is 0. The molecule has 0 aromatic heterocycles. The van der Waals surface area contributed by atoms with Crippen molar-refractivity contribution >= 4 is 12.0 Å². The van der Waals surface area contributed by atoms with Crippen molar-refractivity contribution in [3.05, 3.63) is 0 Å². The van der Waals surface area contributed by atoms with E-state index in [0.29, 0.717) is 32.0 Å². The van der Waals surface area contributed by atoms with Gasteiger partial charge in [-0.2, -0.15) is 0 Å². The Bertz CT molecular complexity index is 414. The first-order valence-electron chi connectivity index (χ1n) is 7.54. The Morgan fingerprint density at radius 2 is 1.85 bits per heavy atom. The first kappa shape index (κ1) is 13.7. The number of carbonyl (C=O) groups excluding carboxylic acids is 1. The number of aliphatic carboxylic acids is 1. The monoisotopic (exact) mass is 282 g/mol. The largest absolute Gasteiger partial charge is 0.480 e. The second-order valence-corrected chi connectivity index (χ2v) is 6.30. The summed E-state index contributed by atoms with van der Waals surface area (Å²) in [5.41, 5.74) is 0. The van der Waals surface area contributed by atoms with E-state index in [-0.39, 0.29) is 18.1 Å². The molecule has 3 rings (SSSR count). The van der Waals surface area contributed by atoms with E-state index in [0.717, 1.165) is 25.7 Å². The molecule has 6 nitrogen and oxygen atoms in total. The Labute approximate surface area is 118 Å². The number of urea groups is 1. The van der Waals surface area contributed by atoms with Crippen LogP contribution in [0.25, 0.3) is 0 Å². The Morgan fingerprint density at radius 3 is 2.55 bits per heavy atom. The summed E-state index contributed by atoms with van der Waals surface area (Å²) in [5.74, 6) is -0.327. The van der Waals surface area contributed by atoms with Gasteiger partial charge >= 0.3 is 12.0 Å². The molecule has 1 aliphatic carbocycles. The van der Waals surface area contributed by atoms with Crippen LogP contribution < -0.4 is 0 Å². The van der Waals surface area contributed by atoms with Crippen LogP contribution in [0.3, 0.4) is 0 Å². The van der Waals surface area contributed by atoms with Crippen molar-refractivity contribution in [1.82, 2.24) is 9.80 Å². The predicted octanol–water partition coefficient (Wildman–Crippen LogP) is 0.748. The zero-order valence-corrected chi connectivity index (χ0v) is 11.6. The molecule has 6 heteroatoms. The minimum absolute atomic E-state index is 0.154. The summed E-state index contributed by atoms with van der Waals surface area (Å²) in [6.07, 6.45) is 3.79. The van der Waals surface area contributed by atoms with E-state index in [1.54, 1.807) is 4.90 Å². The minimum atomic E-state index is -0.905. The van der Waals surface area contributed by atoms with Gasteiger partial charge in [0.1, 0.15) is 6.04 Å². The van der Waals surface area contributed by atoms with E-state index in [4.69, 9.17) is 0 Å².